The van der Waals surface area contributed by atoms with E-state index in [2.05, 4.69) is 29.1 Å². The summed E-state index contributed by atoms with van der Waals surface area (Å²) >= 11 is 0. The van der Waals surface area contributed by atoms with Crippen LogP contribution in [0.3, 0.4) is 0 Å². The Kier molecular flexibility index (Phi) is 6.27. The van der Waals surface area contributed by atoms with Crippen LogP contribution in [0, 0.1) is 11.8 Å². The summed E-state index contributed by atoms with van der Waals surface area (Å²) in [6.45, 7) is 3.79. The molecule has 1 aromatic heterocycles. The second-order valence-electron chi connectivity index (χ2n) is 7.68. The average Bonchev–Trinajstić information content (AvgIpc) is 3.08. The smallest absolute Gasteiger partial charge is 0.346 e. The first-order chi connectivity index (χ1) is 13.3. The zero-order valence-corrected chi connectivity index (χ0v) is 16.2. The van der Waals surface area contributed by atoms with Crippen LogP contribution in [-0.4, -0.2) is 46.6 Å². The highest BCUT2D eigenvalue weighted by atomic mass is 19.4. The van der Waals surface area contributed by atoms with Crippen LogP contribution < -0.4 is 5.32 Å². The van der Waals surface area contributed by atoms with Gasteiger partial charge in [0.15, 0.2) is 0 Å². The maximum absolute atomic E-state index is 12.8. The van der Waals surface area contributed by atoms with Crippen LogP contribution in [-0.2, 0) is 4.79 Å². The quantitative estimate of drug-likeness (QED) is 0.775. The summed E-state index contributed by atoms with van der Waals surface area (Å²) < 4.78 is 37.6. The van der Waals surface area contributed by atoms with Crippen molar-refractivity contribution in [1.82, 2.24) is 20.2 Å². The van der Waals surface area contributed by atoms with Gasteiger partial charge in [0.1, 0.15) is 5.82 Å². The fourth-order valence-electron chi connectivity index (χ4n) is 3.71. The lowest BCUT2D eigenvalue weighted by atomic mass is 9.93. The van der Waals surface area contributed by atoms with Gasteiger partial charge in [0, 0.05) is 5.92 Å². The summed E-state index contributed by atoms with van der Waals surface area (Å²) in [5, 5.41) is 3.10. The number of likely N-dealkylation sites (tertiary alicyclic amines) is 1. The molecule has 154 valence electrons. The predicted molar refractivity (Wildman–Crippen MR) is 102 cm³/mol. The standard InChI is InChI=1S/C20H27F3N4O/c1-3-13(2)17(18-24-15-6-4-5-7-16(15)25-18)26-19(28)14-8-10-27(11-9-14)12-20(21,22)23/h4-7,13-14,17H,3,8-12H2,1-2H3,(H,24,25)(H,26,28)/t13-,17+/m1/s1. The Hall–Kier alpha value is -2.09. The SMILES string of the molecule is CC[C@@H](C)[C@H](NC(=O)C1CCN(CC(F)(F)F)CC1)c1nc2ccccc2[nH]1. The molecule has 1 saturated heterocycles. The van der Waals surface area contributed by atoms with Crippen molar-refractivity contribution in [2.24, 2.45) is 11.8 Å². The predicted octanol–water partition coefficient (Wildman–Crippen LogP) is 4.04. The van der Waals surface area contributed by atoms with Crippen LogP contribution in [0.1, 0.15) is 45.0 Å². The number of amides is 1. The Morgan fingerprint density at radius 1 is 1.32 bits per heavy atom. The van der Waals surface area contributed by atoms with Gasteiger partial charge in [-0.15, -0.1) is 0 Å². The van der Waals surface area contributed by atoms with Gasteiger partial charge in [-0.25, -0.2) is 4.98 Å². The minimum absolute atomic E-state index is 0.0996. The van der Waals surface area contributed by atoms with Gasteiger partial charge in [0.25, 0.3) is 0 Å². The van der Waals surface area contributed by atoms with Crippen LogP contribution >= 0.6 is 0 Å². The largest absolute Gasteiger partial charge is 0.401 e. The number of hydrogen-bond acceptors (Lipinski definition) is 3. The van der Waals surface area contributed by atoms with Crippen molar-refractivity contribution in [3.05, 3.63) is 30.1 Å². The van der Waals surface area contributed by atoms with E-state index in [1.807, 2.05) is 24.3 Å². The third-order valence-corrected chi connectivity index (χ3v) is 5.57. The Balaban J connectivity index is 1.66. The van der Waals surface area contributed by atoms with Crippen molar-refractivity contribution >= 4 is 16.9 Å². The van der Waals surface area contributed by atoms with E-state index in [0.29, 0.717) is 12.8 Å². The molecule has 2 atom stereocenters. The van der Waals surface area contributed by atoms with E-state index in [-0.39, 0.29) is 36.9 Å². The van der Waals surface area contributed by atoms with Gasteiger partial charge in [0.2, 0.25) is 5.91 Å². The fourth-order valence-corrected chi connectivity index (χ4v) is 3.71. The van der Waals surface area contributed by atoms with Gasteiger partial charge in [0.05, 0.1) is 23.6 Å². The second-order valence-corrected chi connectivity index (χ2v) is 7.68. The summed E-state index contributed by atoms with van der Waals surface area (Å²) in [5.74, 6) is 0.533. The molecule has 0 aliphatic carbocycles. The molecule has 1 aromatic carbocycles. The number of halogens is 3. The maximum Gasteiger partial charge on any atom is 0.401 e. The summed E-state index contributed by atoms with van der Waals surface area (Å²) in [7, 11) is 0. The fraction of sp³-hybridized carbons (Fsp3) is 0.600. The normalized spacial score (nSPS) is 18.9. The van der Waals surface area contributed by atoms with E-state index >= 15 is 0 Å². The molecule has 5 nitrogen and oxygen atoms in total. The van der Waals surface area contributed by atoms with Gasteiger partial charge in [-0.2, -0.15) is 13.2 Å². The molecular formula is C20H27F3N4O. The van der Waals surface area contributed by atoms with Crippen LogP contribution in [0.5, 0.6) is 0 Å². The first-order valence-corrected chi connectivity index (χ1v) is 9.81. The number of carbonyl (C=O) groups excluding carboxylic acids is 1. The highest BCUT2D eigenvalue weighted by molar-refractivity contribution is 5.79. The summed E-state index contributed by atoms with van der Waals surface area (Å²) in [5.41, 5.74) is 1.76. The van der Waals surface area contributed by atoms with Crippen molar-refractivity contribution in [2.45, 2.75) is 45.3 Å². The van der Waals surface area contributed by atoms with Crippen molar-refractivity contribution in [3.63, 3.8) is 0 Å². The molecule has 1 amide bonds. The highest BCUT2D eigenvalue weighted by Gasteiger charge is 2.34. The molecule has 0 saturated carbocycles. The number of aromatic amines is 1. The first-order valence-electron chi connectivity index (χ1n) is 9.81. The second kappa shape index (κ2) is 8.51. The van der Waals surface area contributed by atoms with Crippen LogP contribution in [0.25, 0.3) is 11.0 Å². The molecule has 0 radical (unpaired) electrons. The maximum atomic E-state index is 12.8. The Labute approximate surface area is 162 Å². The van der Waals surface area contributed by atoms with Gasteiger partial charge in [-0.3, -0.25) is 9.69 Å². The molecule has 1 aliphatic rings. The molecule has 2 heterocycles. The van der Waals surface area contributed by atoms with Crippen molar-refractivity contribution in [1.29, 1.82) is 0 Å². The molecule has 28 heavy (non-hydrogen) atoms. The molecule has 1 aliphatic heterocycles. The molecule has 0 unspecified atom stereocenters. The van der Waals surface area contributed by atoms with Crippen molar-refractivity contribution < 1.29 is 18.0 Å². The third-order valence-electron chi connectivity index (χ3n) is 5.57. The number of hydrogen-bond donors (Lipinski definition) is 2. The van der Waals surface area contributed by atoms with Gasteiger partial charge >= 0.3 is 6.18 Å². The molecule has 2 N–H and O–H groups in total. The van der Waals surface area contributed by atoms with Crippen LogP contribution in [0.15, 0.2) is 24.3 Å². The summed E-state index contributed by atoms with van der Waals surface area (Å²) in [6.07, 6.45) is -2.45. The Morgan fingerprint density at radius 2 is 2.00 bits per heavy atom. The number of rotatable bonds is 6. The Morgan fingerprint density at radius 3 is 2.61 bits per heavy atom. The molecular weight excluding hydrogens is 369 g/mol. The highest BCUT2D eigenvalue weighted by Crippen LogP contribution is 2.27. The monoisotopic (exact) mass is 396 g/mol. The Bertz CT molecular complexity index is 763. The number of para-hydroxylation sites is 2. The lowest BCUT2D eigenvalue weighted by molar-refractivity contribution is -0.149. The minimum Gasteiger partial charge on any atom is -0.346 e. The van der Waals surface area contributed by atoms with Crippen molar-refractivity contribution in [2.75, 3.05) is 19.6 Å². The number of nitrogens with one attached hydrogen (secondary N) is 2. The van der Waals surface area contributed by atoms with Crippen LogP contribution in [0.2, 0.25) is 0 Å². The lowest BCUT2D eigenvalue weighted by Crippen LogP contribution is -2.45. The molecule has 0 spiro atoms. The molecule has 3 rings (SSSR count). The molecule has 8 heteroatoms. The number of fused-ring (bicyclic) bond motifs is 1. The first kappa shape index (κ1) is 20.6. The average molecular weight is 396 g/mol. The number of aromatic nitrogens is 2. The van der Waals surface area contributed by atoms with E-state index < -0.39 is 12.7 Å². The van der Waals surface area contributed by atoms with E-state index in [1.54, 1.807) is 0 Å². The van der Waals surface area contributed by atoms with E-state index in [0.717, 1.165) is 23.3 Å². The van der Waals surface area contributed by atoms with E-state index in [9.17, 15) is 18.0 Å². The lowest BCUT2D eigenvalue weighted by Gasteiger charge is -2.33. The summed E-state index contributed by atoms with van der Waals surface area (Å²) in [4.78, 5) is 22.1. The third kappa shape index (κ3) is 5.04. The topological polar surface area (TPSA) is 61.0 Å². The minimum atomic E-state index is -4.20. The number of H-pyrrole nitrogens is 1. The van der Waals surface area contributed by atoms with Crippen LogP contribution in [0.4, 0.5) is 13.2 Å². The number of piperidine rings is 1. The zero-order valence-electron chi connectivity index (χ0n) is 16.2. The van der Waals surface area contributed by atoms with Gasteiger partial charge in [-0.1, -0.05) is 32.4 Å². The van der Waals surface area contributed by atoms with Crippen molar-refractivity contribution in [3.8, 4) is 0 Å². The zero-order chi connectivity index (χ0) is 20.3. The molecule has 0 bridgehead atoms. The number of alkyl halides is 3. The number of carbonyl (C=O) groups is 1. The van der Waals surface area contributed by atoms with Gasteiger partial charge < -0.3 is 10.3 Å². The number of benzene rings is 1. The summed E-state index contributed by atoms with van der Waals surface area (Å²) in [6, 6.07) is 7.45. The number of nitrogens with zero attached hydrogens (tertiary/aromatic N) is 2. The molecule has 2 aromatic rings. The molecule has 1 fully saturated rings. The van der Waals surface area contributed by atoms with E-state index in [4.69, 9.17) is 0 Å². The van der Waals surface area contributed by atoms with E-state index in [1.165, 1.54) is 4.90 Å². The number of imidazole rings is 1. The van der Waals surface area contributed by atoms with Gasteiger partial charge in [-0.05, 0) is 44.0 Å².